The van der Waals surface area contributed by atoms with E-state index < -0.39 is 11.4 Å². The molecule has 1 atom stereocenters. The Morgan fingerprint density at radius 3 is 2.38 bits per heavy atom. The fourth-order valence-electron chi connectivity index (χ4n) is 2.70. The van der Waals surface area contributed by atoms with Gasteiger partial charge in [0.05, 0.1) is 30.9 Å². The molecule has 0 aliphatic rings. The summed E-state index contributed by atoms with van der Waals surface area (Å²) >= 11 is 0.0161. The van der Waals surface area contributed by atoms with Crippen LogP contribution in [0.2, 0.25) is 0 Å². The molecule has 7 nitrogen and oxygen atoms in total. The number of anilines is 3. The highest BCUT2D eigenvalue weighted by Crippen LogP contribution is 2.34. The van der Waals surface area contributed by atoms with E-state index in [1.54, 1.807) is 38.5 Å². The summed E-state index contributed by atoms with van der Waals surface area (Å²) in [7, 11) is 3.18. The predicted molar refractivity (Wildman–Crippen MR) is 117 cm³/mol. The normalized spacial score (nSPS) is 11.8. The van der Waals surface area contributed by atoms with Crippen molar-refractivity contribution in [3.8, 4) is 11.5 Å². The summed E-state index contributed by atoms with van der Waals surface area (Å²) in [5.41, 5.74) is 2.06. The summed E-state index contributed by atoms with van der Waals surface area (Å²) < 4.78 is 26.4. The lowest BCUT2D eigenvalue weighted by atomic mass is 10.2. The van der Waals surface area contributed by atoms with Crippen LogP contribution in [0.15, 0.2) is 64.2 Å². The third-order valence-electron chi connectivity index (χ3n) is 4.13. The Morgan fingerprint density at radius 1 is 0.966 bits per heavy atom. The monoisotopic (exact) mass is 426 g/mol. The highest BCUT2D eigenvalue weighted by Gasteiger charge is 2.19. The number of hydrogen-bond donors (Lipinski definition) is 2. The van der Waals surface area contributed by atoms with Crippen molar-refractivity contribution in [3.63, 3.8) is 0 Å². The van der Waals surface area contributed by atoms with Crippen LogP contribution in [0.1, 0.15) is 0 Å². The van der Waals surface area contributed by atoms with Gasteiger partial charge < -0.3 is 19.3 Å². The summed E-state index contributed by atoms with van der Waals surface area (Å²) in [6.45, 7) is 0. The van der Waals surface area contributed by atoms with Gasteiger partial charge in [-0.3, -0.25) is 0 Å². The van der Waals surface area contributed by atoms with E-state index in [1.165, 1.54) is 11.3 Å². The Balaban J connectivity index is 1.76. The van der Waals surface area contributed by atoms with Crippen molar-refractivity contribution in [2.75, 3.05) is 24.3 Å². The number of para-hydroxylation sites is 2. The number of benzene rings is 2. The minimum Gasteiger partial charge on any atom is -0.588 e. The first-order chi connectivity index (χ1) is 14.2. The SMILES string of the molecule is COc1ccc(OC)c(Nc2nc3ccccc3nc2N[S+]([O-])c2ccsc2)c1. The molecule has 0 aliphatic heterocycles. The van der Waals surface area contributed by atoms with Crippen molar-refractivity contribution in [1.29, 1.82) is 0 Å². The molecular formula is C20H18N4O3S2. The molecule has 148 valence electrons. The maximum Gasteiger partial charge on any atom is 0.214 e. The zero-order valence-corrected chi connectivity index (χ0v) is 17.3. The average molecular weight is 427 g/mol. The molecule has 29 heavy (non-hydrogen) atoms. The second-order valence-electron chi connectivity index (χ2n) is 5.93. The number of thiophene rings is 1. The molecule has 2 aromatic carbocycles. The van der Waals surface area contributed by atoms with E-state index in [4.69, 9.17) is 9.47 Å². The van der Waals surface area contributed by atoms with Crippen LogP contribution in [0, 0.1) is 0 Å². The van der Waals surface area contributed by atoms with E-state index in [2.05, 4.69) is 20.0 Å². The van der Waals surface area contributed by atoms with E-state index in [1.807, 2.05) is 35.0 Å². The zero-order valence-electron chi connectivity index (χ0n) is 15.7. The fourth-order valence-corrected chi connectivity index (χ4v) is 4.45. The second kappa shape index (κ2) is 8.56. The van der Waals surface area contributed by atoms with Crippen molar-refractivity contribution >= 4 is 51.1 Å². The summed E-state index contributed by atoms with van der Waals surface area (Å²) in [4.78, 5) is 9.97. The standard InChI is InChI=1S/C20H18N4O3S2/c1-26-13-7-8-18(27-2)17(11-13)23-19-20(24-29(25)14-9-10-28-12-14)22-16-6-4-3-5-15(16)21-19/h3-12H,1-2H3,(H,21,23)(H,22,24). The molecule has 0 saturated heterocycles. The molecule has 9 heteroatoms. The van der Waals surface area contributed by atoms with Crippen molar-refractivity contribution in [3.05, 3.63) is 59.3 Å². The van der Waals surface area contributed by atoms with Crippen molar-refractivity contribution in [1.82, 2.24) is 9.97 Å². The lowest BCUT2D eigenvalue weighted by Gasteiger charge is -2.16. The first kappa shape index (κ1) is 19.3. The number of nitrogens with one attached hydrogen (secondary N) is 2. The molecule has 0 amide bonds. The van der Waals surface area contributed by atoms with Crippen LogP contribution in [-0.4, -0.2) is 28.7 Å². The second-order valence-corrected chi connectivity index (χ2v) is 7.92. The molecule has 2 aromatic heterocycles. The van der Waals surface area contributed by atoms with E-state index in [0.29, 0.717) is 44.8 Å². The van der Waals surface area contributed by atoms with Crippen LogP contribution >= 0.6 is 11.3 Å². The molecule has 0 aliphatic carbocycles. The Bertz CT molecular complexity index is 1120. The summed E-state index contributed by atoms with van der Waals surface area (Å²) in [6, 6.07) is 14.7. The number of methoxy groups -OCH3 is 2. The average Bonchev–Trinajstić information content (AvgIpc) is 3.29. The number of fused-ring (bicyclic) bond motifs is 1. The minimum absolute atomic E-state index is 0.373. The molecule has 4 aromatic rings. The van der Waals surface area contributed by atoms with Gasteiger partial charge in [-0.2, -0.15) is 4.72 Å². The molecule has 1 unspecified atom stereocenters. The molecular weight excluding hydrogens is 408 g/mol. The number of aromatic nitrogens is 2. The fraction of sp³-hybridized carbons (Fsp3) is 0.100. The van der Waals surface area contributed by atoms with Gasteiger partial charge in [-0.25, -0.2) is 9.97 Å². The van der Waals surface area contributed by atoms with Crippen LogP contribution in [0.3, 0.4) is 0 Å². The van der Waals surface area contributed by atoms with Gasteiger partial charge in [0.1, 0.15) is 22.9 Å². The van der Waals surface area contributed by atoms with Gasteiger partial charge in [0.15, 0.2) is 10.7 Å². The van der Waals surface area contributed by atoms with Crippen LogP contribution in [0.5, 0.6) is 11.5 Å². The zero-order chi connectivity index (χ0) is 20.2. The molecule has 2 N–H and O–H groups in total. The Kier molecular flexibility index (Phi) is 5.70. The maximum atomic E-state index is 12.7. The minimum atomic E-state index is -1.47. The quantitative estimate of drug-likeness (QED) is 0.418. The Hall–Kier alpha value is -3.01. The molecule has 0 bridgehead atoms. The number of nitrogens with zero attached hydrogens (tertiary/aromatic N) is 2. The van der Waals surface area contributed by atoms with Crippen LogP contribution in [0.25, 0.3) is 11.0 Å². The van der Waals surface area contributed by atoms with Gasteiger partial charge in [-0.1, -0.05) is 12.1 Å². The van der Waals surface area contributed by atoms with Gasteiger partial charge in [0.2, 0.25) is 5.82 Å². The van der Waals surface area contributed by atoms with Gasteiger partial charge in [-0.15, -0.1) is 11.3 Å². The number of rotatable bonds is 7. The van der Waals surface area contributed by atoms with Gasteiger partial charge in [-0.05, 0) is 29.6 Å². The highest BCUT2D eigenvalue weighted by molar-refractivity contribution is 7.92. The van der Waals surface area contributed by atoms with Crippen LogP contribution < -0.4 is 19.5 Å². The van der Waals surface area contributed by atoms with Crippen molar-refractivity contribution in [2.45, 2.75) is 4.90 Å². The van der Waals surface area contributed by atoms with E-state index in [0.717, 1.165) is 0 Å². The van der Waals surface area contributed by atoms with Gasteiger partial charge in [0, 0.05) is 17.5 Å². The molecule has 2 heterocycles. The van der Waals surface area contributed by atoms with Crippen LogP contribution in [-0.2, 0) is 11.4 Å². The lowest BCUT2D eigenvalue weighted by molar-refractivity contribution is 0.405. The number of ether oxygens (including phenoxy) is 2. The summed E-state index contributed by atoms with van der Waals surface area (Å²) in [6.07, 6.45) is 0. The van der Waals surface area contributed by atoms with Gasteiger partial charge in [0.25, 0.3) is 0 Å². The third kappa shape index (κ3) is 4.21. The van der Waals surface area contributed by atoms with Crippen molar-refractivity contribution < 1.29 is 14.0 Å². The molecule has 0 spiro atoms. The molecule has 4 rings (SSSR count). The Labute approximate surface area is 175 Å². The van der Waals surface area contributed by atoms with Gasteiger partial charge >= 0.3 is 0 Å². The van der Waals surface area contributed by atoms with E-state index >= 15 is 0 Å². The Morgan fingerprint density at radius 2 is 1.72 bits per heavy atom. The highest BCUT2D eigenvalue weighted by atomic mass is 32.2. The smallest absolute Gasteiger partial charge is 0.214 e. The predicted octanol–water partition coefficient (Wildman–Crippen LogP) is 4.59. The van der Waals surface area contributed by atoms with E-state index in [-0.39, 0.29) is 0 Å². The molecule has 0 fully saturated rings. The van der Waals surface area contributed by atoms with Crippen molar-refractivity contribution in [2.24, 2.45) is 0 Å². The molecule has 0 saturated carbocycles. The maximum absolute atomic E-state index is 12.7. The first-order valence-corrected chi connectivity index (χ1v) is 10.7. The summed E-state index contributed by atoms with van der Waals surface area (Å²) in [5.74, 6) is 2.08. The van der Waals surface area contributed by atoms with E-state index in [9.17, 15) is 4.55 Å². The first-order valence-electron chi connectivity index (χ1n) is 8.64. The lowest BCUT2D eigenvalue weighted by Crippen LogP contribution is -2.15. The number of hydrogen-bond acceptors (Lipinski definition) is 8. The largest absolute Gasteiger partial charge is 0.588 e. The summed E-state index contributed by atoms with van der Waals surface area (Å²) in [5, 5.41) is 6.94. The van der Waals surface area contributed by atoms with Crippen LogP contribution in [0.4, 0.5) is 17.3 Å². The topological polar surface area (TPSA) is 91.4 Å². The third-order valence-corrected chi connectivity index (χ3v) is 6.02. The molecule has 0 radical (unpaired) electrons.